The van der Waals surface area contributed by atoms with Crippen LogP contribution in [0, 0.1) is 0 Å². The Morgan fingerprint density at radius 1 is 1.35 bits per heavy atom. The molecule has 0 fully saturated rings. The van der Waals surface area contributed by atoms with Gasteiger partial charge in [0.05, 0.1) is 13.7 Å². The van der Waals surface area contributed by atoms with E-state index in [2.05, 4.69) is 30.0 Å². The van der Waals surface area contributed by atoms with E-state index >= 15 is 0 Å². The van der Waals surface area contributed by atoms with Crippen LogP contribution in [0.4, 0.5) is 4.79 Å². The van der Waals surface area contributed by atoms with Crippen molar-refractivity contribution >= 4 is 6.09 Å². The van der Waals surface area contributed by atoms with E-state index in [0.717, 1.165) is 50.5 Å². The van der Waals surface area contributed by atoms with Crippen LogP contribution in [0.25, 0.3) is 0 Å². The van der Waals surface area contributed by atoms with E-state index in [1.807, 2.05) is 0 Å². The maximum absolute atomic E-state index is 11.5. The van der Waals surface area contributed by atoms with Gasteiger partial charge in [0.25, 0.3) is 0 Å². The summed E-state index contributed by atoms with van der Waals surface area (Å²) in [6.07, 6.45) is 8.51. The molecular weight excluding hydrogens is 330 g/mol. The number of alkyl carbamates (subject to hydrolysis) is 1. The van der Waals surface area contributed by atoms with E-state index in [0.29, 0.717) is 11.1 Å². The molecule has 1 unspecified atom stereocenters. The van der Waals surface area contributed by atoms with Gasteiger partial charge in [-0.3, -0.25) is 0 Å². The van der Waals surface area contributed by atoms with Crippen molar-refractivity contribution in [1.29, 1.82) is 0 Å². The first-order valence-corrected chi connectivity index (χ1v) is 9.53. The zero-order valence-electron chi connectivity index (χ0n) is 16.1. The fraction of sp³-hybridized carbons (Fsp3) is 0.571. The van der Waals surface area contributed by atoms with Crippen LogP contribution < -0.4 is 5.32 Å². The van der Waals surface area contributed by atoms with Crippen LogP contribution in [0.2, 0.25) is 0 Å². The molecule has 0 saturated carbocycles. The number of rotatable bonds is 7. The van der Waals surface area contributed by atoms with Gasteiger partial charge in [-0.2, -0.15) is 0 Å². The molecule has 0 bridgehead atoms. The number of methoxy groups -OCH3 is 1. The van der Waals surface area contributed by atoms with Crippen molar-refractivity contribution < 1.29 is 19.7 Å². The lowest BCUT2D eigenvalue weighted by molar-refractivity contribution is 0.170. The molecule has 1 aliphatic carbocycles. The van der Waals surface area contributed by atoms with E-state index in [4.69, 9.17) is 0 Å². The number of benzene rings is 1. The Bertz CT molecular complexity index is 666. The number of carbonyl (C=O) groups excluding carboxylic acids is 1. The maximum atomic E-state index is 11.5. The quantitative estimate of drug-likeness (QED) is 0.477. The summed E-state index contributed by atoms with van der Waals surface area (Å²) < 4.78 is 4.64. The van der Waals surface area contributed by atoms with Crippen molar-refractivity contribution in [2.45, 2.75) is 71.3 Å². The molecule has 144 valence electrons. The molecule has 0 aliphatic heterocycles. The van der Waals surface area contributed by atoms with Gasteiger partial charge in [0.2, 0.25) is 0 Å². The number of hydrogen-bond donors (Lipinski definition) is 3. The third kappa shape index (κ3) is 4.93. The standard InChI is InChI=1S/C21H31NO4/c1-4-5-6-9-15-12-18(23)19(16-10-7-8-14(2)11-16)20(24)17(15)13-22-21(25)26-3/h11-12,16,23-24H,4-10,13H2,1-3H3,(H,22,25). The number of allylic oxidation sites excluding steroid dienone is 2. The van der Waals surface area contributed by atoms with E-state index in [9.17, 15) is 15.0 Å². The minimum atomic E-state index is -0.535. The number of carbonyl (C=O) groups is 1. The Hall–Kier alpha value is -2.17. The maximum Gasteiger partial charge on any atom is 0.407 e. The van der Waals surface area contributed by atoms with Crippen molar-refractivity contribution in [2.24, 2.45) is 0 Å². The molecule has 0 heterocycles. The highest BCUT2D eigenvalue weighted by Crippen LogP contribution is 2.43. The number of hydrogen-bond acceptors (Lipinski definition) is 4. The molecule has 2 rings (SSSR count). The zero-order chi connectivity index (χ0) is 19.1. The van der Waals surface area contributed by atoms with Crippen molar-refractivity contribution in [3.8, 4) is 11.5 Å². The van der Waals surface area contributed by atoms with Crippen molar-refractivity contribution in [1.82, 2.24) is 5.32 Å². The van der Waals surface area contributed by atoms with Gasteiger partial charge in [0.15, 0.2) is 0 Å². The summed E-state index contributed by atoms with van der Waals surface area (Å²) in [5, 5.41) is 24.2. The molecule has 26 heavy (non-hydrogen) atoms. The lowest BCUT2D eigenvalue weighted by atomic mass is 9.83. The molecule has 0 aromatic heterocycles. The highest BCUT2D eigenvalue weighted by atomic mass is 16.5. The summed E-state index contributed by atoms with van der Waals surface area (Å²) in [7, 11) is 1.31. The Kier molecular flexibility index (Phi) is 7.37. The topological polar surface area (TPSA) is 78.8 Å². The molecule has 1 aromatic rings. The number of aromatic hydroxyl groups is 2. The first kappa shape index (κ1) is 20.1. The predicted octanol–water partition coefficient (Wildman–Crippen LogP) is 4.90. The Balaban J connectivity index is 2.39. The van der Waals surface area contributed by atoms with E-state index in [-0.39, 0.29) is 24.0 Å². The molecule has 1 aliphatic rings. The number of phenols is 2. The largest absolute Gasteiger partial charge is 0.507 e. The van der Waals surface area contributed by atoms with Gasteiger partial charge in [-0.05, 0) is 50.7 Å². The number of ether oxygens (including phenoxy) is 1. The first-order chi connectivity index (χ1) is 12.5. The van der Waals surface area contributed by atoms with E-state index in [1.54, 1.807) is 6.07 Å². The molecule has 1 atom stereocenters. The summed E-state index contributed by atoms with van der Waals surface area (Å²) in [5.41, 5.74) is 3.41. The highest BCUT2D eigenvalue weighted by molar-refractivity contribution is 5.67. The van der Waals surface area contributed by atoms with Crippen LogP contribution in [0.1, 0.15) is 75.0 Å². The summed E-state index contributed by atoms with van der Waals surface area (Å²) in [6.45, 7) is 4.40. The summed E-state index contributed by atoms with van der Waals surface area (Å²) in [6, 6.07) is 1.76. The van der Waals surface area contributed by atoms with Crippen LogP contribution >= 0.6 is 0 Å². The second-order valence-electron chi connectivity index (χ2n) is 7.11. The number of aryl methyl sites for hydroxylation is 1. The highest BCUT2D eigenvalue weighted by Gasteiger charge is 2.24. The molecule has 0 saturated heterocycles. The molecule has 0 spiro atoms. The number of unbranched alkanes of at least 4 members (excludes halogenated alkanes) is 2. The molecule has 1 aromatic carbocycles. The minimum absolute atomic E-state index is 0.00492. The summed E-state index contributed by atoms with van der Waals surface area (Å²) >= 11 is 0. The fourth-order valence-electron chi connectivity index (χ4n) is 3.69. The van der Waals surface area contributed by atoms with Crippen LogP contribution in [0.5, 0.6) is 11.5 Å². The minimum Gasteiger partial charge on any atom is -0.507 e. The average molecular weight is 361 g/mol. The zero-order valence-corrected chi connectivity index (χ0v) is 16.1. The van der Waals surface area contributed by atoms with Crippen LogP contribution in [-0.2, 0) is 17.7 Å². The van der Waals surface area contributed by atoms with Crippen molar-refractivity contribution in [3.05, 3.63) is 34.4 Å². The Morgan fingerprint density at radius 2 is 2.12 bits per heavy atom. The number of nitrogens with one attached hydrogen (secondary N) is 1. The number of amides is 1. The van der Waals surface area contributed by atoms with Gasteiger partial charge in [0, 0.05) is 17.0 Å². The molecule has 3 N–H and O–H groups in total. The van der Waals surface area contributed by atoms with Gasteiger partial charge < -0.3 is 20.3 Å². The Labute approximate surface area is 156 Å². The van der Waals surface area contributed by atoms with E-state index in [1.165, 1.54) is 12.7 Å². The molecule has 5 heteroatoms. The normalized spacial score (nSPS) is 16.9. The monoisotopic (exact) mass is 361 g/mol. The average Bonchev–Trinajstić information content (AvgIpc) is 2.61. The summed E-state index contributed by atoms with van der Waals surface area (Å²) in [4.78, 5) is 11.5. The third-order valence-electron chi connectivity index (χ3n) is 5.10. The van der Waals surface area contributed by atoms with Gasteiger partial charge in [0.1, 0.15) is 11.5 Å². The molecular formula is C21H31NO4. The predicted molar refractivity (Wildman–Crippen MR) is 103 cm³/mol. The number of phenolic OH excluding ortho intramolecular Hbond substituents is 2. The van der Waals surface area contributed by atoms with Crippen LogP contribution in [0.15, 0.2) is 17.7 Å². The van der Waals surface area contributed by atoms with Gasteiger partial charge in [-0.1, -0.05) is 31.4 Å². The van der Waals surface area contributed by atoms with Crippen LogP contribution in [0.3, 0.4) is 0 Å². The molecule has 5 nitrogen and oxygen atoms in total. The van der Waals surface area contributed by atoms with Crippen molar-refractivity contribution in [2.75, 3.05) is 7.11 Å². The van der Waals surface area contributed by atoms with Gasteiger partial charge in [-0.25, -0.2) is 4.79 Å². The summed E-state index contributed by atoms with van der Waals surface area (Å²) in [5.74, 6) is 0.251. The lowest BCUT2D eigenvalue weighted by Crippen LogP contribution is -2.23. The Morgan fingerprint density at radius 3 is 2.77 bits per heavy atom. The van der Waals surface area contributed by atoms with Crippen molar-refractivity contribution in [3.63, 3.8) is 0 Å². The van der Waals surface area contributed by atoms with Gasteiger partial charge >= 0.3 is 6.09 Å². The lowest BCUT2D eigenvalue weighted by Gasteiger charge is -2.24. The smallest absolute Gasteiger partial charge is 0.407 e. The molecule has 0 radical (unpaired) electrons. The second kappa shape index (κ2) is 9.51. The first-order valence-electron chi connectivity index (χ1n) is 9.53. The van der Waals surface area contributed by atoms with Gasteiger partial charge in [-0.15, -0.1) is 0 Å². The fourth-order valence-corrected chi connectivity index (χ4v) is 3.69. The third-order valence-corrected chi connectivity index (χ3v) is 5.10. The van der Waals surface area contributed by atoms with Crippen LogP contribution in [-0.4, -0.2) is 23.4 Å². The SMILES string of the molecule is CCCCCc1cc(O)c(C2C=C(C)CCC2)c(O)c1CNC(=O)OC. The molecule has 1 amide bonds. The van der Waals surface area contributed by atoms with E-state index < -0.39 is 6.09 Å². The second-order valence-corrected chi connectivity index (χ2v) is 7.11.